The van der Waals surface area contributed by atoms with Crippen molar-refractivity contribution in [3.63, 3.8) is 0 Å². The lowest BCUT2D eigenvalue weighted by Gasteiger charge is -2.50. The van der Waals surface area contributed by atoms with E-state index in [9.17, 15) is 19.1 Å². The van der Waals surface area contributed by atoms with Crippen LogP contribution in [0.25, 0.3) is 0 Å². The van der Waals surface area contributed by atoms with E-state index in [2.05, 4.69) is 22.3 Å². The minimum absolute atomic E-state index is 0. The summed E-state index contributed by atoms with van der Waals surface area (Å²) >= 11 is 0. The standard InChI is InChI=1S/C46H47FN4O5.ClH/c1-55-39-18-8-35(9-19-39)44-42(22-23-43(52)34-6-12-37(47)13-7-34)46(54)50(44)38-14-2-32(3-15-38)30-48-45(53)36-10-20-41(21-11-36)56-40-16-4-33(5-17-40)31-51-27-24-49(25-28-51)26-29-51;/h2-21,42-44,52H,22-31H2,1H3;1H. The summed E-state index contributed by atoms with van der Waals surface area (Å²) in [4.78, 5) is 31.1. The highest BCUT2D eigenvalue weighted by atomic mass is 35.5. The number of halogens is 2. The molecule has 11 heteroatoms. The number of fused-ring (bicyclic) bond motifs is 3. The molecular formula is C46H48ClFN4O5. The van der Waals surface area contributed by atoms with Crippen molar-refractivity contribution in [3.8, 4) is 17.2 Å². The van der Waals surface area contributed by atoms with E-state index in [1.54, 1.807) is 36.3 Å². The van der Waals surface area contributed by atoms with E-state index in [4.69, 9.17) is 9.47 Å². The normalized spacial score (nSPS) is 21.6. The third-order valence-corrected chi connectivity index (χ3v) is 11.8. The van der Waals surface area contributed by atoms with Gasteiger partial charge in [0.15, 0.2) is 0 Å². The molecule has 2 amide bonds. The van der Waals surface area contributed by atoms with Crippen LogP contribution < -0.4 is 32.1 Å². The van der Waals surface area contributed by atoms with Crippen LogP contribution in [0.3, 0.4) is 0 Å². The van der Waals surface area contributed by atoms with Crippen LogP contribution in [-0.2, 0) is 17.9 Å². The Kier molecular flexibility index (Phi) is 12.3. The maximum Gasteiger partial charge on any atom is 0.251 e. The fourth-order valence-corrected chi connectivity index (χ4v) is 8.38. The molecule has 4 heterocycles. The van der Waals surface area contributed by atoms with Gasteiger partial charge in [-0.15, -0.1) is 0 Å². The van der Waals surface area contributed by atoms with Crippen molar-refractivity contribution in [3.05, 3.63) is 155 Å². The highest BCUT2D eigenvalue weighted by Crippen LogP contribution is 2.46. The van der Waals surface area contributed by atoms with Crippen molar-refractivity contribution in [1.29, 1.82) is 0 Å². The monoisotopic (exact) mass is 790 g/mol. The number of benzene rings is 5. The van der Waals surface area contributed by atoms with Gasteiger partial charge in [-0.05, 0) is 114 Å². The Morgan fingerprint density at radius 1 is 0.807 bits per heavy atom. The number of amides is 2. The number of carbonyl (C=O) groups is 2. The van der Waals surface area contributed by atoms with Crippen LogP contribution in [0, 0.1) is 11.7 Å². The van der Waals surface area contributed by atoms with Gasteiger partial charge in [0.25, 0.3) is 5.91 Å². The van der Waals surface area contributed by atoms with Crippen molar-refractivity contribution in [2.45, 2.75) is 38.1 Å². The van der Waals surface area contributed by atoms with Gasteiger partial charge in [-0.2, -0.15) is 0 Å². The van der Waals surface area contributed by atoms with Crippen molar-refractivity contribution in [2.75, 3.05) is 51.3 Å². The average molecular weight is 791 g/mol. The number of carbonyl (C=O) groups excluding carboxylic acids is 2. The Balaban J connectivity index is 0.00000496. The van der Waals surface area contributed by atoms with E-state index in [0.717, 1.165) is 34.9 Å². The van der Waals surface area contributed by atoms with Gasteiger partial charge in [0.2, 0.25) is 5.91 Å². The number of hydrogen-bond acceptors (Lipinski definition) is 6. The molecule has 2 bridgehead atoms. The number of aliphatic hydroxyl groups is 1. The largest absolute Gasteiger partial charge is 1.00 e. The average Bonchev–Trinajstić information content (AvgIpc) is 3.24. The molecule has 0 saturated carbocycles. The summed E-state index contributed by atoms with van der Waals surface area (Å²) in [5, 5.41) is 13.8. The minimum Gasteiger partial charge on any atom is -1.00 e. The zero-order chi connectivity index (χ0) is 38.6. The lowest BCUT2D eigenvalue weighted by atomic mass is 9.78. The lowest BCUT2D eigenvalue weighted by molar-refractivity contribution is -0.953. The van der Waals surface area contributed by atoms with Crippen LogP contribution in [-0.4, -0.2) is 72.7 Å². The van der Waals surface area contributed by atoms with Crippen LogP contribution >= 0.6 is 0 Å². The van der Waals surface area contributed by atoms with E-state index >= 15 is 0 Å². The molecule has 296 valence electrons. The summed E-state index contributed by atoms with van der Waals surface area (Å²) in [6.45, 7) is 8.70. The fourth-order valence-electron chi connectivity index (χ4n) is 8.38. The summed E-state index contributed by atoms with van der Waals surface area (Å²) < 4.78 is 26.1. The van der Waals surface area contributed by atoms with E-state index in [1.165, 1.54) is 61.4 Å². The molecule has 3 unspecified atom stereocenters. The smallest absolute Gasteiger partial charge is 0.251 e. The first-order valence-electron chi connectivity index (χ1n) is 19.5. The van der Waals surface area contributed by atoms with Crippen LogP contribution in [0.2, 0.25) is 0 Å². The van der Waals surface area contributed by atoms with Crippen LogP contribution in [0.4, 0.5) is 10.1 Å². The maximum absolute atomic E-state index is 13.7. The Labute approximate surface area is 339 Å². The molecule has 0 aromatic heterocycles. The first-order chi connectivity index (χ1) is 27.3. The number of ether oxygens (including phenoxy) is 2. The molecule has 9 nitrogen and oxygen atoms in total. The summed E-state index contributed by atoms with van der Waals surface area (Å²) in [5.74, 6) is 1.24. The number of quaternary nitrogens is 1. The third kappa shape index (κ3) is 9.00. The van der Waals surface area contributed by atoms with Crippen LogP contribution in [0.1, 0.15) is 57.6 Å². The van der Waals surface area contributed by atoms with Gasteiger partial charge >= 0.3 is 0 Å². The van der Waals surface area contributed by atoms with Gasteiger partial charge in [-0.1, -0.05) is 36.4 Å². The Bertz CT molecular complexity index is 2110. The lowest BCUT2D eigenvalue weighted by Crippen LogP contribution is -3.00. The van der Waals surface area contributed by atoms with Crippen molar-refractivity contribution >= 4 is 17.5 Å². The van der Waals surface area contributed by atoms with Gasteiger partial charge in [0.1, 0.15) is 29.6 Å². The predicted octanol–water partition coefficient (Wildman–Crippen LogP) is 4.42. The first-order valence-corrected chi connectivity index (χ1v) is 19.5. The molecular weight excluding hydrogens is 743 g/mol. The fraction of sp³-hybridized carbons (Fsp3) is 0.304. The second-order valence-corrected chi connectivity index (χ2v) is 15.3. The van der Waals surface area contributed by atoms with Crippen LogP contribution in [0.5, 0.6) is 17.2 Å². The number of piperazine rings is 3. The molecule has 4 fully saturated rings. The second kappa shape index (κ2) is 17.5. The molecule has 5 aromatic rings. The summed E-state index contributed by atoms with van der Waals surface area (Å²) in [6, 6.07) is 36.4. The SMILES string of the molecule is COc1ccc(C2C(CCC(O)c3ccc(F)cc3)C(=O)N2c2ccc(CNC(=O)c3ccc(Oc4ccc(C[N+]56CCN(CC5)CC6)cc4)cc3)cc2)cc1.[Cl-]. The number of hydrogen-bond donors (Lipinski definition) is 2. The van der Waals surface area contributed by atoms with Gasteiger partial charge in [-0.25, -0.2) is 4.39 Å². The van der Waals surface area contributed by atoms with Gasteiger partial charge < -0.3 is 41.7 Å². The number of methoxy groups -OCH3 is 1. The molecule has 2 N–H and O–H groups in total. The quantitative estimate of drug-likeness (QED) is 0.128. The van der Waals surface area contributed by atoms with Gasteiger partial charge in [0.05, 0.1) is 44.8 Å². The molecule has 0 radical (unpaired) electrons. The topological polar surface area (TPSA) is 91.3 Å². The Hall–Kier alpha value is -5.26. The molecule has 4 aliphatic rings. The Morgan fingerprint density at radius 2 is 1.39 bits per heavy atom. The highest BCUT2D eigenvalue weighted by molar-refractivity contribution is 6.03. The first kappa shape index (κ1) is 40.0. The molecule has 0 spiro atoms. The number of anilines is 1. The van der Waals surface area contributed by atoms with Gasteiger partial charge in [0, 0.05) is 43.0 Å². The number of rotatable bonds is 14. The molecule has 5 aromatic carbocycles. The summed E-state index contributed by atoms with van der Waals surface area (Å²) in [7, 11) is 1.61. The molecule has 4 saturated heterocycles. The number of β-lactam (4-membered cyclic amide) rings is 1. The third-order valence-electron chi connectivity index (χ3n) is 11.8. The van der Waals surface area contributed by atoms with E-state index in [0.29, 0.717) is 36.3 Å². The zero-order valence-corrected chi connectivity index (χ0v) is 32.8. The molecule has 57 heavy (non-hydrogen) atoms. The molecule has 3 atom stereocenters. The maximum atomic E-state index is 13.7. The zero-order valence-electron chi connectivity index (χ0n) is 32.0. The van der Waals surface area contributed by atoms with Crippen molar-refractivity contribution < 1.29 is 45.4 Å². The van der Waals surface area contributed by atoms with Crippen molar-refractivity contribution in [1.82, 2.24) is 10.2 Å². The Morgan fingerprint density at radius 3 is 2.00 bits per heavy atom. The summed E-state index contributed by atoms with van der Waals surface area (Å²) in [6.07, 6.45) is 0.0272. The van der Waals surface area contributed by atoms with E-state index < -0.39 is 6.10 Å². The van der Waals surface area contributed by atoms with E-state index in [-0.39, 0.29) is 42.0 Å². The number of nitrogens with zero attached hydrogens (tertiary/aromatic N) is 3. The second-order valence-electron chi connectivity index (χ2n) is 15.3. The molecule has 9 rings (SSSR count). The number of aliphatic hydroxyl groups excluding tert-OH is 1. The summed E-state index contributed by atoms with van der Waals surface area (Å²) in [5.41, 5.74) is 5.10. The minimum atomic E-state index is -0.804. The van der Waals surface area contributed by atoms with Crippen LogP contribution in [0.15, 0.2) is 121 Å². The van der Waals surface area contributed by atoms with Gasteiger partial charge in [-0.3, -0.25) is 14.5 Å². The molecule has 4 aliphatic heterocycles. The predicted molar refractivity (Wildman–Crippen MR) is 213 cm³/mol. The highest BCUT2D eigenvalue weighted by Gasteiger charge is 2.48. The molecule has 0 aliphatic carbocycles. The van der Waals surface area contributed by atoms with Crippen molar-refractivity contribution in [2.24, 2.45) is 5.92 Å². The number of nitrogens with one attached hydrogen (secondary N) is 1. The van der Waals surface area contributed by atoms with E-state index in [1.807, 2.05) is 72.8 Å².